The van der Waals surface area contributed by atoms with Gasteiger partial charge in [-0.3, -0.25) is 14.3 Å². The molecule has 0 aliphatic carbocycles. The minimum absolute atomic E-state index is 0.102. The zero-order chi connectivity index (χ0) is 17.3. The van der Waals surface area contributed by atoms with Crippen LogP contribution in [-0.4, -0.2) is 43.5 Å². The minimum Gasteiger partial charge on any atom is -0.337 e. The van der Waals surface area contributed by atoms with Crippen LogP contribution in [0, 0.1) is 19.8 Å². The molecule has 3 heterocycles. The van der Waals surface area contributed by atoms with Gasteiger partial charge in [-0.25, -0.2) is 4.68 Å². The van der Waals surface area contributed by atoms with Gasteiger partial charge >= 0.3 is 0 Å². The highest BCUT2D eigenvalue weighted by atomic mass is 16.2. The molecule has 0 aromatic carbocycles. The van der Waals surface area contributed by atoms with Crippen molar-refractivity contribution in [1.82, 2.24) is 24.5 Å². The molecule has 1 amide bonds. The van der Waals surface area contributed by atoms with Crippen LogP contribution in [0.15, 0.2) is 23.0 Å². The van der Waals surface area contributed by atoms with Gasteiger partial charge in [-0.1, -0.05) is 0 Å². The highest BCUT2D eigenvalue weighted by molar-refractivity contribution is 5.92. The molecule has 2 aromatic heterocycles. The number of aryl methyl sites for hydroxylation is 3. The highest BCUT2D eigenvalue weighted by Gasteiger charge is 2.25. The summed E-state index contributed by atoms with van der Waals surface area (Å²) >= 11 is 0. The second-order valence-electron chi connectivity index (χ2n) is 6.53. The van der Waals surface area contributed by atoms with Crippen LogP contribution in [0.25, 0.3) is 0 Å². The van der Waals surface area contributed by atoms with Crippen LogP contribution in [0.5, 0.6) is 0 Å². The number of amides is 1. The maximum absolute atomic E-state index is 12.5. The number of likely N-dealkylation sites (tertiary alicyclic amines) is 1. The molecule has 1 fully saturated rings. The van der Waals surface area contributed by atoms with E-state index in [2.05, 4.69) is 27.9 Å². The number of hydrogen-bond acceptors (Lipinski definition) is 4. The van der Waals surface area contributed by atoms with Gasteiger partial charge in [-0.15, -0.1) is 0 Å². The second-order valence-corrected chi connectivity index (χ2v) is 6.53. The molecule has 0 N–H and O–H groups in total. The van der Waals surface area contributed by atoms with Crippen molar-refractivity contribution >= 4 is 5.91 Å². The molecule has 0 saturated carbocycles. The lowest BCUT2D eigenvalue weighted by Crippen LogP contribution is -2.40. The quantitative estimate of drug-likeness (QED) is 0.847. The summed E-state index contributed by atoms with van der Waals surface area (Å²) in [5.74, 6) is 0.426. The van der Waals surface area contributed by atoms with Crippen molar-refractivity contribution in [2.24, 2.45) is 13.0 Å². The van der Waals surface area contributed by atoms with Crippen LogP contribution >= 0.6 is 0 Å². The minimum atomic E-state index is -0.213. The first kappa shape index (κ1) is 16.4. The summed E-state index contributed by atoms with van der Waals surface area (Å²) in [7, 11) is 1.56. The Morgan fingerprint density at radius 3 is 2.50 bits per heavy atom. The molecule has 1 aliphatic rings. The lowest BCUT2D eigenvalue weighted by Gasteiger charge is -2.32. The molecule has 0 atom stereocenters. The number of hydrogen-bond donors (Lipinski definition) is 0. The SMILES string of the molecule is Cc1cc(C)n(CC2CCN(C(=O)c3ccc(=O)n(C)n3)CC2)n1. The van der Waals surface area contributed by atoms with Crippen LogP contribution in [0.2, 0.25) is 0 Å². The molecule has 0 unspecified atom stereocenters. The van der Waals surface area contributed by atoms with E-state index in [1.165, 1.54) is 22.5 Å². The third-order valence-corrected chi connectivity index (χ3v) is 4.62. The molecule has 128 valence electrons. The highest BCUT2D eigenvalue weighted by Crippen LogP contribution is 2.21. The molecule has 24 heavy (non-hydrogen) atoms. The largest absolute Gasteiger partial charge is 0.337 e. The van der Waals surface area contributed by atoms with Crippen LogP contribution in [0.4, 0.5) is 0 Å². The van der Waals surface area contributed by atoms with Gasteiger partial charge in [0.1, 0.15) is 5.69 Å². The van der Waals surface area contributed by atoms with Gasteiger partial charge in [-0.2, -0.15) is 10.2 Å². The number of aromatic nitrogens is 4. The molecular weight excluding hydrogens is 306 g/mol. The molecule has 0 bridgehead atoms. The van der Waals surface area contributed by atoms with Gasteiger partial charge in [0.2, 0.25) is 0 Å². The summed E-state index contributed by atoms with van der Waals surface area (Å²) in [5, 5.41) is 8.57. The molecule has 2 aromatic rings. The van der Waals surface area contributed by atoms with E-state index in [1.54, 1.807) is 7.05 Å². The van der Waals surface area contributed by atoms with E-state index in [-0.39, 0.29) is 11.5 Å². The standard InChI is InChI=1S/C17H23N5O2/c1-12-10-13(2)22(18-12)11-14-6-8-21(9-7-14)17(24)15-4-5-16(23)20(3)19-15/h4-5,10,14H,6-9,11H2,1-3H3. The van der Waals surface area contributed by atoms with Gasteiger partial charge in [0, 0.05) is 38.4 Å². The normalized spacial score (nSPS) is 15.7. The summed E-state index contributed by atoms with van der Waals surface area (Å²) in [6.07, 6.45) is 1.91. The fraction of sp³-hybridized carbons (Fsp3) is 0.529. The lowest BCUT2D eigenvalue weighted by molar-refractivity contribution is 0.0672. The number of nitrogens with zero attached hydrogens (tertiary/aromatic N) is 5. The second kappa shape index (κ2) is 6.59. The monoisotopic (exact) mass is 329 g/mol. The predicted octanol–water partition coefficient (Wildman–Crippen LogP) is 1.15. The summed E-state index contributed by atoms with van der Waals surface area (Å²) in [4.78, 5) is 25.7. The third kappa shape index (κ3) is 3.39. The van der Waals surface area contributed by atoms with Crippen LogP contribution in [0.1, 0.15) is 34.7 Å². The Labute approximate surface area is 140 Å². The number of carbonyl (C=O) groups is 1. The Bertz CT molecular complexity index is 800. The van der Waals surface area contributed by atoms with Crippen molar-refractivity contribution in [2.45, 2.75) is 33.2 Å². The van der Waals surface area contributed by atoms with Crippen molar-refractivity contribution in [2.75, 3.05) is 13.1 Å². The first-order valence-electron chi connectivity index (χ1n) is 8.28. The molecule has 7 heteroatoms. The maximum Gasteiger partial charge on any atom is 0.274 e. The van der Waals surface area contributed by atoms with Gasteiger partial charge in [-0.05, 0) is 44.7 Å². The van der Waals surface area contributed by atoms with Gasteiger partial charge in [0.25, 0.3) is 11.5 Å². The van der Waals surface area contributed by atoms with E-state index < -0.39 is 0 Å². The van der Waals surface area contributed by atoms with Gasteiger partial charge in [0.15, 0.2) is 0 Å². The van der Waals surface area contributed by atoms with Crippen LogP contribution < -0.4 is 5.56 Å². The predicted molar refractivity (Wildman–Crippen MR) is 89.8 cm³/mol. The zero-order valence-corrected chi connectivity index (χ0v) is 14.4. The van der Waals surface area contributed by atoms with Crippen molar-refractivity contribution in [3.05, 3.63) is 45.6 Å². The summed E-state index contributed by atoms with van der Waals surface area (Å²) in [6.45, 7) is 6.41. The Hall–Kier alpha value is -2.44. The number of piperidine rings is 1. The van der Waals surface area contributed by atoms with Crippen molar-refractivity contribution in [3.63, 3.8) is 0 Å². The van der Waals surface area contributed by atoms with E-state index in [0.29, 0.717) is 24.7 Å². The smallest absolute Gasteiger partial charge is 0.274 e. The molecule has 7 nitrogen and oxygen atoms in total. The first-order chi connectivity index (χ1) is 11.4. The first-order valence-corrected chi connectivity index (χ1v) is 8.28. The summed E-state index contributed by atoms with van der Waals surface area (Å²) < 4.78 is 3.26. The summed E-state index contributed by atoms with van der Waals surface area (Å²) in [6, 6.07) is 4.98. The van der Waals surface area contributed by atoms with E-state index >= 15 is 0 Å². The molecular formula is C17H23N5O2. The van der Waals surface area contributed by atoms with Crippen molar-refractivity contribution in [1.29, 1.82) is 0 Å². The van der Waals surface area contributed by atoms with E-state index in [0.717, 1.165) is 25.1 Å². The zero-order valence-electron chi connectivity index (χ0n) is 14.4. The van der Waals surface area contributed by atoms with Crippen molar-refractivity contribution < 1.29 is 4.79 Å². The van der Waals surface area contributed by atoms with E-state index in [9.17, 15) is 9.59 Å². The average molecular weight is 329 g/mol. The lowest BCUT2D eigenvalue weighted by atomic mass is 9.96. The Morgan fingerprint density at radius 1 is 1.21 bits per heavy atom. The Balaban J connectivity index is 1.60. The van der Waals surface area contributed by atoms with Crippen LogP contribution in [-0.2, 0) is 13.6 Å². The summed E-state index contributed by atoms with van der Waals surface area (Å²) in [5.41, 5.74) is 2.34. The Morgan fingerprint density at radius 2 is 1.92 bits per heavy atom. The average Bonchev–Trinajstić information content (AvgIpc) is 2.87. The maximum atomic E-state index is 12.5. The van der Waals surface area contributed by atoms with Gasteiger partial charge in [0.05, 0.1) is 5.69 Å². The van der Waals surface area contributed by atoms with Crippen LogP contribution in [0.3, 0.4) is 0 Å². The molecule has 1 saturated heterocycles. The Kier molecular flexibility index (Phi) is 4.51. The molecule has 0 spiro atoms. The van der Waals surface area contributed by atoms with E-state index in [4.69, 9.17) is 0 Å². The topological polar surface area (TPSA) is 73.0 Å². The molecule has 0 radical (unpaired) electrons. The molecule has 1 aliphatic heterocycles. The fourth-order valence-electron chi connectivity index (χ4n) is 3.20. The van der Waals surface area contributed by atoms with Crippen molar-refractivity contribution in [3.8, 4) is 0 Å². The van der Waals surface area contributed by atoms with E-state index in [1.807, 2.05) is 11.8 Å². The third-order valence-electron chi connectivity index (χ3n) is 4.62. The van der Waals surface area contributed by atoms with Gasteiger partial charge < -0.3 is 4.90 Å². The number of carbonyl (C=O) groups excluding carboxylic acids is 1. The number of rotatable bonds is 3. The molecule has 3 rings (SSSR count). The fourth-order valence-corrected chi connectivity index (χ4v) is 3.20.